The van der Waals surface area contributed by atoms with Gasteiger partial charge in [-0.1, -0.05) is 32.1 Å². The first kappa shape index (κ1) is 21.8. The first-order valence-corrected chi connectivity index (χ1v) is 12.0. The zero-order valence-electron chi connectivity index (χ0n) is 16.8. The highest BCUT2D eigenvalue weighted by Gasteiger charge is 2.25. The summed E-state index contributed by atoms with van der Waals surface area (Å²) in [6, 6.07) is 6.13. The summed E-state index contributed by atoms with van der Waals surface area (Å²) in [6.45, 7) is 0.767. The Hall–Kier alpha value is -1.93. The number of sulfonamides is 1. The molecule has 3 rings (SSSR count). The van der Waals surface area contributed by atoms with Crippen LogP contribution in [0, 0.1) is 5.92 Å². The largest absolute Gasteiger partial charge is 0.455 e. The number of amides is 1. The van der Waals surface area contributed by atoms with Gasteiger partial charge in [-0.15, -0.1) is 0 Å². The van der Waals surface area contributed by atoms with E-state index in [9.17, 15) is 18.0 Å². The number of rotatable bonds is 6. The molecular weight excluding hydrogens is 392 g/mol. The van der Waals surface area contributed by atoms with E-state index in [1.54, 1.807) is 12.1 Å². The Kier molecular flexibility index (Phi) is 7.66. The van der Waals surface area contributed by atoms with Crippen molar-refractivity contribution in [2.45, 2.75) is 62.7 Å². The molecule has 1 aromatic rings. The van der Waals surface area contributed by atoms with Crippen LogP contribution in [0.5, 0.6) is 0 Å². The average Bonchev–Trinajstić information content (AvgIpc) is 3.03. The van der Waals surface area contributed by atoms with Crippen molar-refractivity contribution in [3.63, 3.8) is 0 Å². The Morgan fingerprint density at radius 3 is 2.14 bits per heavy atom. The second-order valence-electron chi connectivity index (χ2n) is 7.83. The van der Waals surface area contributed by atoms with E-state index < -0.39 is 15.9 Å². The fourth-order valence-electron chi connectivity index (χ4n) is 3.93. The van der Waals surface area contributed by atoms with Gasteiger partial charge in [-0.3, -0.25) is 9.59 Å². The molecule has 0 bridgehead atoms. The lowest BCUT2D eigenvalue weighted by Gasteiger charge is -2.20. The topological polar surface area (TPSA) is 92.8 Å². The fourth-order valence-corrected chi connectivity index (χ4v) is 5.45. The van der Waals surface area contributed by atoms with Crippen molar-refractivity contribution < 1.29 is 22.7 Å². The summed E-state index contributed by atoms with van der Waals surface area (Å²) in [5.74, 6) is -0.837. The Morgan fingerprint density at radius 2 is 1.52 bits per heavy atom. The van der Waals surface area contributed by atoms with E-state index in [1.165, 1.54) is 16.4 Å². The number of esters is 1. The molecule has 0 spiro atoms. The first-order chi connectivity index (χ1) is 14.0. The number of nitrogens with one attached hydrogen (secondary N) is 1. The van der Waals surface area contributed by atoms with Crippen LogP contribution < -0.4 is 5.32 Å². The van der Waals surface area contributed by atoms with E-state index in [-0.39, 0.29) is 23.4 Å². The number of nitrogens with zero attached hydrogens (tertiary/aromatic N) is 1. The van der Waals surface area contributed by atoms with Gasteiger partial charge in [-0.05, 0) is 49.9 Å². The predicted octanol–water partition coefficient (Wildman–Crippen LogP) is 3.31. The average molecular weight is 423 g/mol. The van der Waals surface area contributed by atoms with Gasteiger partial charge in [-0.2, -0.15) is 4.31 Å². The van der Waals surface area contributed by atoms with E-state index in [0.717, 1.165) is 57.8 Å². The molecular formula is C21H30N2O5S. The molecule has 7 nitrogen and oxygen atoms in total. The molecule has 2 fully saturated rings. The Bertz CT molecular complexity index is 793. The van der Waals surface area contributed by atoms with Gasteiger partial charge in [0, 0.05) is 18.8 Å². The second kappa shape index (κ2) is 10.2. The van der Waals surface area contributed by atoms with Gasteiger partial charge in [0.15, 0.2) is 6.61 Å². The number of carbonyl (C=O) groups is 2. The summed E-state index contributed by atoms with van der Waals surface area (Å²) in [6.07, 6.45) is 8.73. The van der Waals surface area contributed by atoms with Gasteiger partial charge in [0.05, 0.1) is 10.8 Å². The van der Waals surface area contributed by atoms with Crippen molar-refractivity contribution >= 4 is 27.6 Å². The molecule has 1 aliphatic carbocycles. The summed E-state index contributed by atoms with van der Waals surface area (Å²) >= 11 is 0. The monoisotopic (exact) mass is 422 g/mol. The van der Waals surface area contributed by atoms with E-state index in [2.05, 4.69) is 5.32 Å². The number of ether oxygens (including phenoxy) is 1. The maximum Gasteiger partial charge on any atom is 0.309 e. The highest BCUT2D eigenvalue weighted by molar-refractivity contribution is 7.89. The lowest BCUT2D eigenvalue weighted by atomic mass is 9.89. The van der Waals surface area contributed by atoms with Crippen molar-refractivity contribution in [2.75, 3.05) is 25.0 Å². The van der Waals surface area contributed by atoms with Crippen LogP contribution in [0.2, 0.25) is 0 Å². The molecule has 0 aromatic heterocycles. The van der Waals surface area contributed by atoms with Crippen LogP contribution in [0.4, 0.5) is 5.69 Å². The van der Waals surface area contributed by atoms with Crippen molar-refractivity contribution in [1.29, 1.82) is 0 Å². The van der Waals surface area contributed by atoms with E-state index >= 15 is 0 Å². The van der Waals surface area contributed by atoms with Crippen LogP contribution in [-0.4, -0.2) is 44.3 Å². The molecule has 1 aromatic carbocycles. The van der Waals surface area contributed by atoms with E-state index in [1.807, 2.05) is 0 Å². The molecule has 8 heteroatoms. The quantitative estimate of drug-likeness (QED) is 0.710. The summed E-state index contributed by atoms with van der Waals surface area (Å²) in [7, 11) is -3.51. The minimum Gasteiger partial charge on any atom is -0.455 e. The standard InChI is InChI=1S/C21H30N2O5S/c24-20(16-28-21(25)17-8-4-3-5-9-17)22-18-10-12-19(13-11-18)29(26,27)23-14-6-1-2-7-15-23/h10-13,17H,1-9,14-16H2,(H,22,24). The lowest BCUT2D eigenvalue weighted by Crippen LogP contribution is -2.31. The van der Waals surface area contributed by atoms with Crippen molar-refractivity contribution in [3.05, 3.63) is 24.3 Å². The zero-order chi connectivity index (χ0) is 20.7. The number of anilines is 1. The van der Waals surface area contributed by atoms with Crippen LogP contribution in [0.25, 0.3) is 0 Å². The molecule has 1 saturated carbocycles. The van der Waals surface area contributed by atoms with Crippen LogP contribution >= 0.6 is 0 Å². The zero-order valence-corrected chi connectivity index (χ0v) is 17.6. The van der Waals surface area contributed by atoms with Crippen LogP contribution in [0.3, 0.4) is 0 Å². The van der Waals surface area contributed by atoms with Crippen molar-refractivity contribution in [1.82, 2.24) is 4.31 Å². The number of carbonyl (C=O) groups excluding carboxylic acids is 2. The normalized spacial score (nSPS) is 19.3. The van der Waals surface area contributed by atoms with Gasteiger partial charge in [0.1, 0.15) is 0 Å². The molecule has 29 heavy (non-hydrogen) atoms. The summed E-state index contributed by atoms with van der Waals surface area (Å²) in [5.41, 5.74) is 0.471. The van der Waals surface area contributed by atoms with E-state index in [4.69, 9.17) is 4.74 Å². The van der Waals surface area contributed by atoms with Crippen LogP contribution in [0.15, 0.2) is 29.2 Å². The molecule has 2 aliphatic rings. The second-order valence-corrected chi connectivity index (χ2v) is 9.77. The molecule has 1 heterocycles. The van der Waals surface area contributed by atoms with Gasteiger partial charge in [-0.25, -0.2) is 8.42 Å². The predicted molar refractivity (Wildman–Crippen MR) is 110 cm³/mol. The third kappa shape index (κ3) is 6.02. The van der Waals surface area contributed by atoms with Crippen molar-refractivity contribution in [3.8, 4) is 0 Å². The summed E-state index contributed by atoms with van der Waals surface area (Å²) in [5, 5.41) is 2.64. The van der Waals surface area contributed by atoms with Gasteiger partial charge in [0.2, 0.25) is 10.0 Å². The maximum atomic E-state index is 12.8. The third-order valence-electron chi connectivity index (χ3n) is 5.62. The Balaban J connectivity index is 1.51. The molecule has 0 unspecified atom stereocenters. The molecule has 1 N–H and O–H groups in total. The minimum absolute atomic E-state index is 0.0972. The smallest absolute Gasteiger partial charge is 0.309 e. The van der Waals surface area contributed by atoms with Gasteiger partial charge < -0.3 is 10.1 Å². The van der Waals surface area contributed by atoms with Crippen LogP contribution in [0.1, 0.15) is 57.8 Å². The SMILES string of the molecule is O=C(COC(=O)C1CCCCC1)Nc1ccc(S(=O)(=O)N2CCCCCC2)cc1. The molecule has 1 saturated heterocycles. The number of hydrogen-bond acceptors (Lipinski definition) is 5. The first-order valence-electron chi connectivity index (χ1n) is 10.5. The van der Waals surface area contributed by atoms with Crippen molar-refractivity contribution in [2.24, 2.45) is 5.92 Å². The third-order valence-corrected chi connectivity index (χ3v) is 7.54. The Labute approximate surface area is 172 Å². The minimum atomic E-state index is -3.51. The number of benzene rings is 1. The summed E-state index contributed by atoms with van der Waals surface area (Å²) in [4.78, 5) is 24.3. The number of hydrogen-bond donors (Lipinski definition) is 1. The molecule has 0 atom stereocenters. The molecule has 1 amide bonds. The van der Waals surface area contributed by atoms with Gasteiger partial charge >= 0.3 is 5.97 Å². The highest BCUT2D eigenvalue weighted by atomic mass is 32.2. The maximum absolute atomic E-state index is 12.8. The van der Waals surface area contributed by atoms with E-state index in [0.29, 0.717) is 18.8 Å². The van der Waals surface area contributed by atoms with Gasteiger partial charge in [0.25, 0.3) is 5.91 Å². The fraction of sp³-hybridized carbons (Fsp3) is 0.619. The van der Waals surface area contributed by atoms with Crippen LogP contribution in [-0.2, 0) is 24.3 Å². The highest BCUT2D eigenvalue weighted by Crippen LogP contribution is 2.25. The molecule has 1 aliphatic heterocycles. The lowest BCUT2D eigenvalue weighted by molar-refractivity contribution is -0.152. The molecule has 0 radical (unpaired) electrons. The summed E-state index contributed by atoms with van der Waals surface area (Å²) < 4.78 is 32.2. The molecule has 160 valence electrons. The Morgan fingerprint density at radius 1 is 0.931 bits per heavy atom.